The maximum absolute atomic E-state index is 6.15. The van der Waals surface area contributed by atoms with E-state index in [9.17, 15) is 0 Å². The molecule has 0 atom stereocenters. The zero-order chi connectivity index (χ0) is 30.7. The fourth-order valence-electron chi connectivity index (χ4n) is 5.46. The summed E-state index contributed by atoms with van der Waals surface area (Å²) in [5, 5.41) is 3.75. The van der Waals surface area contributed by atoms with Crippen LogP contribution in [0.3, 0.4) is 0 Å². The van der Waals surface area contributed by atoms with E-state index in [4.69, 9.17) is 4.42 Å². The van der Waals surface area contributed by atoms with E-state index in [1.165, 1.54) is 21.9 Å². The van der Waals surface area contributed by atoms with Crippen LogP contribution >= 0.6 is 0 Å². The van der Waals surface area contributed by atoms with Gasteiger partial charge in [-0.05, 0) is 59.5 Å². The summed E-state index contributed by atoms with van der Waals surface area (Å²) in [4.78, 5) is 9.23. The molecule has 6 rings (SSSR count). The van der Waals surface area contributed by atoms with E-state index in [1.807, 2.05) is 30.5 Å². The first-order valence-corrected chi connectivity index (χ1v) is 18.8. The van der Waals surface area contributed by atoms with Crippen LogP contribution in [0.25, 0.3) is 44.5 Å². The Labute approximate surface area is 277 Å². The molecule has 6 aromatic rings. The van der Waals surface area contributed by atoms with Gasteiger partial charge >= 0.3 is 0 Å². The van der Waals surface area contributed by atoms with Crippen LogP contribution in [-0.4, -0.2) is 18.0 Å². The number of rotatable bonds is 6. The number of benzene rings is 3. The maximum Gasteiger partial charge on any atom is 0.121 e. The molecule has 5 heteroatoms. The van der Waals surface area contributed by atoms with Crippen molar-refractivity contribution in [3.05, 3.63) is 114 Å². The minimum Gasteiger partial charge on any atom is -0.501 e. The first-order valence-electron chi connectivity index (χ1n) is 15.3. The molecule has 1 radical (unpaired) electrons. The van der Waals surface area contributed by atoms with Crippen LogP contribution < -0.4 is 5.19 Å². The zero-order valence-corrected chi connectivity index (χ0v) is 30.5. The average molecular weight is 775 g/mol. The van der Waals surface area contributed by atoms with E-state index in [0.717, 1.165) is 50.9 Å². The third-order valence-electron chi connectivity index (χ3n) is 7.71. The van der Waals surface area contributed by atoms with Gasteiger partial charge < -0.3 is 14.4 Å². The molecule has 44 heavy (non-hydrogen) atoms. The van der Waals surface area contributed by atoms with Crippen molar-refractivity contribution in [2.75, 3.05) is 0 Å². The van der Waals surface area contributed by atoms with E-state index >= 15 is 0 Å². The Kier molecular flexibility index (Phi) is 10.8. The number of aromatic nitrogens is 2. The van der Waals surface area contributed by atoms with Gasteiger partial charge in [-0.3, -0.25) is 0 Å². The van der Waals surface area contributed by atoms with Crippen molar-refractivity contribution in [1.82, 2.24) is 9.97 Å². The summed E-state index contributed by atoms with van der Waals surface area (Å²) in [6.07, 6.45) is 5.10. The molecule has 3 heterocycles. The number of pyridine rings is 2. The van der Waals surface area contributed by atoms with Crippen molar-refractivity contribution >= 4 is 35.2 Å². The average Bonchev–Trinajstić information content (AvgIpc) is 3.35. The summed E-state index contributed by atoms with van der Waals surface area (Å²) in [6.45, 7) is 18.2. The Morgan fingerprint density at radius 3 is 2.30 bits per heavy atom. The molecule has 0 fully saturated rings. The van der Waals surface area contributed by atoms with Gasteiger partial charge in [0, 0.05) is 37.9 Å². The van der Waals surface area contributed by atoms with Gasteiger partial charge in [0.15, 0.2) is 0 Å². The Hall–Kier alpha value is -3.37. The molecule has 0 aliphatic carbocycles. The fourth-order valence-corrected chi connectivity index (χ4v) is 7.05. The molecular weight excluding hydrogens is 733 g/mol. The molecule has 0 aliphatic rings. The number of fused-ring (bicyclic) bond motifs is 3. The fraction of sp³-hybridized carbons (Fsp3) is 0.282. The normalized spacial score (nSPS) is 11.5. The van der Waals surface area contributed by atoms with Gasteiger partial charge in [0.25, 0.3) is 0 Å². The van der Waals surface area contributed by atoms with Crippen molar-refractivity contribution in [1.29, 1.82) is 0 Å². The van der Waals surface area contributed by atoms with Crippen LogP contribution in [-0.2, 0) is 26.5 Å². The summed E-state index contributed by atoms with van der Waals surface area (Å²) in [5.41, 5.74) is 9.69. The molecule has 0 aliphatic heterocycles. The van der Waals surface area contributed by atoms with Crippen LogP contribution in [0.4, 0.5) is 0 Å². The minimum absolute atomic E-state index is 0. The van der Waals surface area contributed by atoms with Gasteiger partial charge in [0.1, 0.15) is 5.58 Å². The quantitative estimate of drug-likeness (QED) is 0.125. The number of nitrogens with zero attached hydrogens (tertiary/aromatic N) is 2. The summed E-state index contributed by atoms with van der Waals surface area (Å²) in [5.74, 6) is 1.13. The zero-order valence-electron chi connectivity index (χ0n) is 27.1. The largest absolute Gasteiger partial charge is 0.501 e. The topological polar surface area (TPSA) is 38.9 Å². The Bertz CT molecular complexity index is 1850. The molecule has 0 spiro atoms. The summed E-state index contributed by atoms with van der Waals surface area (Å²) < 4.78 is 6.15. The van der Waals surface area contributed by atoms with Crippen molar-refractivity contribution in [2.45, 2.75) is 66.6 Å². The predicted molar refractivity (Wildman–Crippen MR) is 185 cm³/mol. The van der Waals surface area contributed by atoms with Gasteiger partial charge in [-0.2, -0.15) is 0 Å². The standard InChI is InChI=1S/C21H18NO.C18H24NSi.Ir/c1-13(2)15-9-10-22-19(12-15)18-6-4-5-17-16-8-7-14(3)11-20(16)23-21(17)18;1-14(2)11-16-12-17(15-9-7-6-8-10-15)19-13-18(16)20(3,4)5;/h4-5,7-13H,1-3H3;6-9,12-14H,11H2,1-5H3;/q2*-1;. The van der Waals surface area contributed by atoms with E-state index in [2.05, 4.69) is 131 Å². The number of hydrogen-bond acceptors (Lipinski definition) is 3. The van der Waals surface area contributed by atoms with Crippen LogP contribution in [0.1, 0.15) is 50.3 Å². The molecular formula is C39H42IrN2OSi-2. The predicted octanol–water partition coefficient (Wildman–Crippen LogP) is 10.2. The van der Waals surface area contributed by atoms with E-state index in [1.54, 1.807) is 0 Å². The van der Waals surface area contributed by atoms with Crippen LogP contribution in [0.15, 0.2) is 89.6 Å². The van der Waals surface area contributed by atoms with Crippen molar-refractivity contribution in [3.63, 3.8) is 0 Å². The second-order valence-electron chi connectivity index (χ2n) is 13.2. The number of aryl methyl sites for hydroxylation is 1. The summed E-state index contributed by atoms with van der Waals surface area (Å²) >= 11 is 0. The monoisotopic (exact) mass is 775 g/mol. The molecule has 0 bridgehead atoms. The molecule has 3 nitrogen and oxygen atoms in total. The number of hydrogen-bond donors (Lipinski definition) is 0. The second kappa shape index (κ2) is 14.2. The molecule has 0 amide bonds. The van der Waals surface area contributed by atoms with Gasteiger partial charge in [0.2, 0.25) is 0 Å². The molecule has 0 N–H and O–H groups in total. The van der Waals surface area contributed by atoms with Crippen molar-refractivity contribution in [2.24, 2.45) is 5.92 Å². The SMILES string of the molecule is CC(C)Cc1cc(-c2[c-]cccc2)ncc1[Si](C)(C)C.Cc1ccc2c(c1)oc1c(-c3cc(C(C)C)ccn3)[c-]ccc12.[Ir]. The maximum atomic E-state index is 6.15. The number of furan rings is 1. The molecule has 229 valence electrons. The first kappa shape index (κ1) is 33.5. The van der Waals surface area contributed by atoms with Crippen LogP contribution in [0.5, 0.6) is 0 Å². The molecule has 0 saturated carbocycles. The van der Waals surface area contributed by atoms with E-state index < -0.39 is 8.07 Å². The molecule has 3 aromatic carbocycles. The van der Waals surface area contributed by atoms with Crippen LogP contribution in [0, 0.1) is 25.0 Å². The van der Waals surface area contributed by atoms with Gasteiger partial charge in [-0.25, -0.2) is 0 Å². The van der Waals surface area contributed by atoms with Gasteiger partial charge in [-0.1, -0.05) is 93.7 Å². The first-order chi connectivity index (χ1) is 20.5. The summed E-state index contributed by atoms with van der Waals surface area (Å²) in [6, 6.07) is 31.5. The van der Waals surface area contributed by atoms with Gasteiger partial charge in [0.05, 0.1) is 13.7 Å². The molecule has 3 aromatic heterocycles. The minimum atomic E-state index is -1.34. The van der Waals surface area contributed by atoms with E-state index in [-0.39, 0.29) is 20.1 Å². The Balaban J connectivity index is 0.000000199. The van der Waals surface area contributed by atoms with Crippen LogP contribution in [0.2, 0.25) is 19.6 Å². The molecule has 0 saturated heterocycles. The third-order valence-corrected chi connectivity index (χ3v) is 9.77. The van der Waals surface area contributed by atoms with Gasteiger partial charge in [-0.15, -0.1) is 54.1 Å². The smallest absolute Gasteiger partial charge is 0.121 e. The third kappa shape index (κ3) is 7.64. The van der Waals surface area contributed by atoms with E-state index in [0.29, 0.717) is 11.8 Å². The summed E-state index contributed by atoms with van der Waals surface area (Å²) in [7, 11) is -1.34. The van der Waals surface area contributed by atoms with Crippen molar-refractivity contribution in [3.8, 4) is 22.5 Å². The Morgan fingerprint density at radius 2 is 1.61 bits per heavy atom. The molecule has 0 unspecified atom stereocenters. The van der Waals surface area contributed by atoms with Crippen molar-refractivity contribution < 1.29 is 24.5 Å². The Morgan fingerprint density at radius 1 is 0.818 bits per heavy atom. The second-order valence-corrected chi connectivity index (χ2v) is 18.2.